The van der Waals surface area contributed by atoms with Crippen molar-refractivity contribution in [1.29, 1.82) is 0 Å². The molecule has 0 bridgehead atoms. The van der Waals surface area contributed by atoms with Gasteiger partial charge in [-0.15, -0.1) is 0 Å². The molecule has 1 N–H and O–H groups in total. The van der Waals surface area contributed by atoms with Crippen LogP contribution in [0.1, 0.15) is 33.1 Å². The highest BCUT2D eigenvalue weighted by atomic mass is 16.6. The summed E-state index contributed by atoms with van der Waals surface area (Å²) >= 11 is 0. The predicted molar refractivity (Wildman–Crippen MR) is 55.6 cm³/mol. The summed E-state index contributed by atoms with van der Waals surface area (Å²) in [4.78, 5) is 22.4. The number of aliphatic hydroxyl groups excluding tert-OH is 1. The SMILES string of the molecule is CCC(C)C(=O)OCC1(CO)CCC(=O)O1. The van der Waals surface area contributed by atoms with Crippen molar-refractivity contribution in [2.24, 2.45) is 5.92 Å². The highest BCUT2D eigenvalue weighted by Gasteiger charge is 2.41. The fourth-order valence-electron chi connectivity index (χ4n) is 1.44. The van der Waals surface area contributed by atoms with Crippen LogP contribution < -0.4 is 0 Å². The van der Waals surface area contributed by atoms with Crippen molar-refractivity contribution in [2.75, 3.05) is 13.2 Å². The normalized spacial score (nSPS) is 26.3. The van der Waals surface area contributed by atoms with E-state index in [-0.39, 0.29) is 37.5 Å². The molecule has 0 spiro atoms. The summed E-state index contributed by atoms with van der Waals surface area (Å²) in [6, 6.07) is 0. The van der Waals surface area contributed by atoms with Crippen LogP contribution in [0.3, 0.4) is 0 Å². The van der Waals surface area contributed by atoms with Gasteiger partial charge in [0.15, 0.2) is 5.60 Å². The molecule has 92 valence electrons. The summed E-state index contributed by atoms with van der Waals surface area (Å²) in [5.41, 5.74) is -1.01. The molecular formula is C11H18O5. The fraction of sp³-hybridized carbons (Fsp3) is 0.818. The molecule has 1 saturated heterocycles. The quantitative estimate of drug-likeness (QED) is 0.702. The average Bonchev–Trinajstić information content (AvgIpc) is 2.67. The Morgan fingerprint density at radius 1 is 1.69 bits per heavy atom. The summed E-state index contributed by atoms with van der Waals surface area (Å²) in [7, 11) is 0. The van der Waals surface area contributed by atoms with Crippen LogP contribution in [0.15, 0.2) is 0 Å². The van der Waals surface area contributed by atoms with Gasteiger partial charge in [-0.3, -0.25) is 9.59 Å². The van der Waals surface area contributed by atoms with Gasteiger partial charge in [0, 0.05) is 12.8 Å². The minimum atomic E-state index is -1.01. The third-order valence-electron chi connectivity index (χ3n) is 2.90. The number of carbonyl (C=O) groups is 2. The maximum atomic E-state index is 11.4. The average molecular weight is 230 g/mol. The molecule has 16 heavy (non-hydrogen) atoms. The molecule has 0 aromatic carbocycles. The Kier molecular flexibility index (Phi) is 4.29. The standard InChI is InChI=1S/C11H18O5/c1-3-8(2)10(14)15-7-11(6-12)5-4-9(13)16-11/h8,12H,3-7H2,1-2H3. The first kappa shape index (κ1) is 13.0. The lowest BCUT2D eigenvalue weighted by Gasteiger charge is -2.25. The van der Waals surface area contributed by atoms with E-state index in [1.165, 1.54) is 0 Å². The van der Waals surface area contributed by atoms with Crippen molar-refractivity contribution in [2.45, 2.75) is 38.7 Å². The topological polar surface area (TPSA) is 72.8 Å². The first-order valence-corrected chi connectivity index (χ1v) is 5.52. The number of hydrogen-bond acceptors (Lipinski definition) is 5. The van der Waals surface area contributed by atoms with Crippen molar-refractivity contribution in [3.05, 3.63) is 0 Å². The molecule has 0 aromatic rings. The summed E-state index contributed by atoms with van der Waals surface area (Å²) < 4.78 is 10.0. The van der Waals surface area contributed by atoms with Gasteiger partial charge in [0.05, 0.1) is 12.5 Å². The molecule has 1 aliphatic heterocycles. The van der Waals surface area contributed by atoms with E-state index in [1.54, 1.807) is 6.92 Å². The van der Waals surface area contributed by atoms with E-state index in [2.05, 4.69) is 0 Å². The van der Waals surface area contributed by atoms with Crippen LogP contribution in [0, 0.1) is 5.92 Å². The van der Waals surface area contributed by atoms with Gasteiger partial charge in [0.1, 0.15) is 6.61 Å². The van der Waals surface area contributed by atoms with Crippen molar-refractivity contribution >= 4 is 11.9 Å². The van der Waals surface area contributed by atoms with Crippen LogP contribution in [-0.4, -0.2) is 35.9 Å². The van der Waals surface area contributed by atoms with Crippen LogP contribution in [0.25, 0.3) is 0 Å². The Bertz CT molecular complexity index is 276. The molecule has 1 aliphatic rings. The first-order chi connectivity index (χ1) is 7.53. The Morgan fingerprint density at radius 2 is 2.38 bits per heavy atom. The lowest BCUT2D eigenvalue weighted by atomic mass is 10.0. The zero-order chi connectivity index (χ0) is 12.2. The molecule has 2 atom stereocenters. The van der Waals surface area contributed by atoms with Gasteiger partial charge in [0.25, 0.3) is 0 Å². The highest BCUT2D eigenvalue weighted by Crippen LogP contribution is 2.26. The van der Waals surface area contributed by atoms with Gasteiger partial charge in [-0.05, 0) is 6.42 Å². The van der Waals surface area contributed by atoms with E-state index in [4.69, 9.17) is 9.47 Å². The third kappa shape index (κ3) is 2.95. The molecule has 0 radical (unpaired) electrons. The van der Waals surface area contributed by atoms with Gasteiger partial charge in [-0.1, -0.05) is 13.8 Å². The number of cyclic esters (lactones) is 1. The second-order valence-corrected chi connectivity index (χ2v) is 4.23. The van der Waals surface area contributed by atoms with Crippen molar-refractivity contribution in [1.82, 2.24) is 0 Å². The summed E-state index contributed by atoms with van der Waals surface area (Å²) in [5.74, 6) is -0.847. The predicted octanol–water partition coefficient (Wildman–Crippen LogP) is 0.644. The van der Waals surface area contributed by atoms with Gasteiger partial charge >= 0.3 is 11.9 Å². The maximum absolute atomic E-state index is 11.4. The Hall–Kier alpha value is -1.10. The molecule has 1 rings (SSSR count). The number of esters is 2. The fourth-order valence-corrected chi connectivity index (χ4v) is 1.44. The third-order valence-corrected chi connectivity index (χ3v) is 2.90. The van der Waals surface area contributed by atoms with Crippen LogP contribution >= 0.6 is 0 Å². The zero-order valence-corrected chi connectivity index (χ0v) is 9.69. The largest absolute Gasteiger partial charge is 0.461 e. The van der Waals surface area contributed by atoms with E-state index < -0.39 is 5.60 Å². The molecule has 1 heterocycles. The molecule has 0 aromatic heterocycles. The summed E-state index contributed by atoms with van der Waals surface area (Å²) in [5, 5.41) is 9.17. The van der Waals surface area contributed by atoms with Crippen molar-refractivity contribution in [3.8, 4) is 0 Å². The lowest BCUT2D eigenvalue weighted by molar-refractivity contribution is -0.168. The molecular weight excluding hydrogens is 212 g/mol. The van der Waals surface area contributed by atoms with Crippen molar-refractivity contribution < 1.29 is 24.2 Å². The second kappa shape index (κ2) is 5.30. The van der Waals surface area contributed by atoms with Crippen LogP contribution in [0.5, 0.6) is 0 Å². The first-order valence-electron chi connectivity index (χ1n) is 5.52. The minimum absolute atomic E-state index is 0.0571. The second-order valence-electron chi connectivity index (χ2n) is 4.23. The van der Waals surface area contributed by atoms with Crippen LogP contribution in [0.2, 0.25) is 0 Å². The number of ether oxygens (including phenoxy) is 2. The van der Waals surface area contributed by atoms with Gasteiger partial charge in [0.2, 0.25) is 0 Å². The van der Waals surface area contributed by atoms with E-state index in [9.17, 15) is 14.7 Å². The molecule has 1 fully saturated rings. The number of rotatable bonds is 5. The monoisotopic (exact) mass is 230 g/mol. The molecule has 2 unspecified atom stereocenters. The van der Waals surface area contributed by atoms with E-state index in [1.807, 2.05) is 6.92 Å². The zero-order valence-electron chi connectivity index (χ0n) is 9.69. The van der Waals surface area contributed by atoms with E-state index in [0.29, 0.717) is 12.8 Å². The van der Waals surface area contributed by atoms with E-state index in [0.717, 1.165) is 0 Å². The molecule has 0 aliphatic carbocycles. The Morgan fingerprint density at radius 3 is 2.81 bits per heavy atom. The van der Waals surface area contributed by atoms with Gasteiger partial charge in [-0.2, -0.15) is 0 Å². The molecule has 0 amide bonds. The van der Waals surface area contributed by atoms with E-state index >= 15 is 0 Å². The lowest BCUT2D eigenvalue weighted by Crippen LogP contribution is -2.39. The summed E-state index contributed by atoms with van der Waals surface area (Å²) in [6.45, 7) is 3.29. The van der Waals surface area contributed by atoms with Crippen molar-refractivity contribution in [3.63, 3.8) is 0 Å². The molecule has 5 heteroatoms. The smallest absolute Gasteiger partial charge is 0.308 e. The Labute approximate surface area is 94.7 Å². The number of hydrogen-bond donors (Lipinski definition) is 1. The molecule has 5 nitrogen and oxygen atoms in total. The van der Waals surface area contributed by atoms with Gasteiger partial charge in [-0.25, -0.2) is 0 Å². The number of carbonyl (C=O) groups excluding carboxylic acids is 2. The minimum Gasteiger partial charge on any atom is -0.461 e. The maximum Gasteiger partial charge on any atom is 0.308 e. The van der Waals surface area contributed by atoms with Gasteiger partial charge < -0.3 is 14.6 Å². The highest BCUT2D eigenvalue weighted by molar-refractivity contribution is 5.73. The molecule has 0 saturated carbocycles. The van der Waals surface area contributed by atoms with Crippen LogP contribution in [-0.2, 0) is 19.1 Å². The Balaban J connectivity index is 2.46. The summed E-state index contributed by atoms with van der Waals surface area (Å²) in [6.07, 6.45) is 1.36. The number of aliphatic hydroxyl groups is 1. The van der Waals surface area contributed by atoms with Crippen LogP contribution in [0.4, 0.5) is 0 Å².